The zero-order valence-corrected chi connectivity index (χ0v) is 23.4. The maximum Gasteiger partial charge on any atom is 0.337 e. The lowest BCUT2D eigenvalue weighted by atomic mass is 10.1. The van der Waals surface area contributed by atoms with Gasteiger partial charge in [0.05, 0.1) is 23.7 Å². The van der Waals surface area contributed by atoms with Crippen LogP contribution in [0.15, 0.2) is 71.6 Å². The highest BCUT2D eigenvalue weighted by Crippen LogP contribution is 2.28. The molecular weight excluding hydrogens is 548 g/mol. The highest BCUT2D eigenvalue weighted by molar-refractivity contribution is 7.89. The number of fused-ring (bicyclic) bond motifs is 1. The van der Waals surface area contributed by atoms with E-state index in [-0.39, 0.29) is 37.2 Å². The number of carbonyl (C=O) groups is 3. The van der Waals surface area contributed by atoms with E-state index < -0.39 is 34.0 Å². The van der Waals surface area contributed by atoms with E-state index in [1.807, 2.05) is 18.2 Å². The summed E-state index contributed by atoms with van der Waals surface area (Å²) in [5.41, 5.74) is 0.772. The van der Waals surface area contributed by atoms with Crippen LogP contribution in [0.2, 0.25) is 0 Å². The molecule has 216 valence electrons. The van der Waals surface area contributed by atoms with Crippen molar-refractivity contribution >= 4 is 44.4 Å². The van der Waals surface area contributed by atoms with E-state index in [9.17, 15) is 22.8 Å². The molecule has 0 aromatic heterocycles. The lowest BCUT2D eigenvalue weighted by Crippen LogP contribution is -2.62. The van der Waals surface area contributed by atoms with Crippen molar-refractivity contribution in [3.63, 3.8) is 0 Å². The lowest BCUT2D eigenvalue weighted by molar-refractivity contribution is -0.126. The van der Waals surface area contributed by atoms with E-state index >= 15 is 0 Å². The third kappa shape index (κ3) is 6.19. The molecule has 2 fully saturated rings. The Morgan fingerprint density at radius 3 is 2.49 bits per heavy atom. The minimum Gasteiger partial charge on any atom is -0.465 e. The number of sulfonamides is 1. The monoisotopic (exact) mass is 580 g/mol. The molecule has 2 aliphatic heterocycles. The molecule has 0 spiro atoms. The first kappa shape index (κ1) is 28.5. The topological polar surface area (TPSA) is 134 Å². The van der Waals surface area contributed by atoms with Gasteiger partial charge in [0, 0.05) is 43.9 Å². The van der Waals surface area contributed by atoms with Crippen molar-refractivity contribution in [2.75, 3.05) is 45.2 Å². The van der Waals surface area contributed by atoms with Gasteiger partial charge in [-0.15, -0.1) is 0 Å². The van der Waals surface area contributed by atoms with Gasteiger partial charge in [0.15, 0.2) is 0 Å². The minimum atomic E-state index is -4.10. The summed E-state index contributed by atoms with van der Waals surface area (Å²) in [6, 6.07) is 16.8. The van der Waals surface area contributed by atoms with Crippen molar-refractivity contribution in [1.29, 1.82) is 0 Å². The SMILES string of the molecule is COC(=O)c1ccc(NC(=O)N2CCN(S(=O)(=O)c3cccc4ccccc34)C(C(=O)NCC3CCCO3)C2)cc1. The molecule has 3 amide bonds. The molecule has 2 N–H and O–H groups in total. The van der Waals surface area contributed by atoms with Crippen LogP contribution in [0, 0.1) is 0 Å². The number of hydrogen-bond donors (Lipinski definition) is 2. The number of anilines is 1. The van der Waals surface area contributed by atoms with Gasteiger partial charge in [0.1, 0.15) is 6.04 Å². The number of esters is 1. The molecule has 0 radical (unpaired) electrons. The van der Waals surface area contributed by atoms with E-state index in [4.69, 9.17) is 9.47 Å². The third-order valence-electron chi connectivity index (χ3n) is 7.34. The summed E-state index contributed by atoms with van der Waals surface area (Å²) in [5, 5.41) is 6.93. The number of benzene rings is 3. The Balaban J connectivity index is 1.37. The fourth-order valence-electron chi connectivity index (χ4n) is 5.15. The summed E-state index contributed by atoms with van der Waals surface area (Å²) in [6.45, 7) is 0.744. The summed E-state index contributed by atoms with van der Waals surface area (Å²) in [5.74, 6) is -0.993. The molecule has 3 aromatic rings. The smallest absolute Gasteiger partial charge is 0.337 e. The molecule has 0 bridgehead atoms. The van der Waals surface area contributed by atoms with E-state index in [0.717, 1.165) is 18.2 Å². The quantitative estimate of drug-likeness (QED) is 0.411. The number of hydrogen-bond acceptors (Lipinski definition) is 7. The molecule has 11 nitrogen and oxygen atoms in total. The van der Waals surface area contributed by atoms with Gasteiger partial charge in [0.25, 0.3) is 0 Å². The van der Waals surface area contributed by atoms with E-state index in [1.54, 1.807) is 30.3 Å². The van der Waals surface area contributed by atoms with Crippen molar-refractivity contribution < 1.29 is 32.3 Å². The van der Waals surface area contributed by atoms with Gasteiger partial charge >= 0.3 is 12.0 Å². The predicted molar refractivity (Wildman–Crippen MR) is 152 cm³/mol. The fraction of sp³-hybridized carbons (Fsp3) is 0.345. The van der Waals surface area contributed by atoms with Gasteiger partial charge in [0.2, 0.25) is 15.9 Å². The van der Waals surface area contributed by atoms with Crippen molar-refractivity contribution in [2.24, 2.45) is 0 Å². The molecule has 2 aliphatic rings. The van der Waals surface area contributed by atoms with Crippen LogP contribution in [0.5, 0.6) is 0 Å². The van der Waals surface area contributed by atoms with Gasteiger partial charge in [-0.05, 0) is 48.6 Å². The van der Waals surface area contributed by atoms with Gasteiger partial charge < -0.3 is 25.0 Å². The molecule has 3 aromatic carbocycles. The van der Waals surface area contributed by atoms with Crippen LogP contribution in [-0.4, -0.2) is 87.6 Å². The number of piperazine rings is 1. The number of rotatable bonds is 7. The molecular formula is C29H32N4O7S. The third-order valence-corrected chi connectivity index (χ3v) is 9.31. The summed E-state index contributed by atoms with van der Waals surface area (Å²) in [4.78, 5) is 39.9. The van der Waals surface area contributed by atoms with Crippen LogP contribution in [0.25, 0.3) is 10.8 Å². The number of urea groups is 1. The Morgan fingerprint density at radius 1 is 1.00 bits per heavy atom. The van der Waals surface area contributed by atoms with E-state index in [2.05, 4.69) is 10.6 Å². The molecule has 12 heteroatoms. The number of carbonyl (C=O) groups excluding carboxylic acids is 3. The second-order valence-corrected chi connectivity index (χ2v) is 11.8. The number of amides is 3. The van der Waals surface area contributed by atoms with Gasteiger partial charge in [-0.1, -0.05) is 36.4 Å². The Morgan fingerprint density at radius 2 is 1.76 bits per heavy atom. The largest absolute Gasteiger partial charge is 0.465 e. The van der Waals surface area contributed by atoms with Gasteiger partial charge in [-0.2, -0.15) is 4.31 Å². The zero-order chi connectivity index (χ0) is 29.0. The first-order valence-corrected chi connectivity index (χ1v) is 14.8. The maximum absolute atomic E-state index is 14.0. The first-order valence-electron chi connectivity index (χ1n) is 13.4. The highest BCUT2D eigenvalue weighted by atomic mass is 32.2. The Hall–Kier alpha value is -4.00. The van der Waals surface area contributed by atoms with Crippen LogP contribution in [-0.2, 0) is 24.3 Å². The summed E-state index contributed by atoms with van der Waals surface area (Å²) < 4.78 is 39.5. The molecule has 41 heavy (non-hydrogen) atoms. The number of nitrogens with one attached hydrogen (secondary N) is 2. The van der Waals surface area contributed by atoms with E-state index in [0.29, 0.717) is 23.2 Å². The van der Waals surface area contributed by atoms with Crippen molar-refractivity contribution in [3.05, 3.63) is 72.3 Å². The summed E-state index contributed by atoms with van der Waals surface area (Å²) >= 11 is 0. The standard InChI is InChI=1S/C29H32N4O7S/c1-39-28(35)21-11-13-22(14-12-21)31-29(36)32-15-16-33(25(19-32)27(34)30-18-23-8-5-17-40-23)41(37,38)26-10-4-7-20-6-2-3-9-24(20)26/h2-4,6-7,9-14,23,25H,5,8,15-19H2,1H3,(H,30,34)(H,31,36). The Bertz CT molecular complexity index is 1530. The molecule has 2 atom stereocenters. The zero-order valence-electron chi connectivity index (χ0n) is 22.6. The maximum atomic E-state index is 14.0. The molecule has 0 saturated carbocycles. The average Bonchev–Trinajstić information content (AvgIpc) is 3.53. The Kier molecular flexibility index (Phi) is 8.52. The minimum absolute atomic E-state index is 0.0712. The van der Waals surface area contributed by atoms with Crippen LogP contribution in [0.3, 0.4) is 0 Å². The summed E-state index contributed by atoms with van der Waals surface area (Å²) in [6.07, 6.45) is 1.59. The average molecular weight is 581 g/mol. The number of methoxy groups -OCH3 is 1. The fourth-order valence-corrected chi connectivity index (χ4v) is 6.93. The second-order valence-electron chi connectivity index (χ2n) is 9.93. The highest BCUT2D eigenvalue weighted by Gasteiger charge is 2.42. The molecule has 2 heterocycles. The normalized spacial score (nSPS) is 19.6. The van der Waals surface area contributed by atoms with Crippen LogP contribution < -0.4 is 10.6 Å². The Labute approximate surface area is 238 Å². The lowest BCUT2D eigenvalue weighted by Gasteiger charge is -2.39. The van der Waals surface area contributed by atoms with Crippen molar-refractivity contribution in [2.45, 2.75) is 29.9 Å². The summed E-state index contributed by atoms with van der Waals surface area (Å²) in [7, 11) is -2.82. The van der Waals surface area contributed by atoms with Crippen molar-refractivity contribution in [3.8, 4) is 0 Å². The van der Waals surface area contributed by atoms with Crippen LogP contribution >= 0.6 is 0 Å². The predicted octanol–water partition coefficient (Wildman–Crippen LogP) is 2.83. The second kappa shape index (κ2) is 12.2. The number of nitrogens with zero attached hydrogens (tertiary/aromatic N) is 2. The van der Waals surface area contributed by atoms with Crippen molar-refractivity contribution in [1.82, 2.24) is 14.5 Å². The first-order chi connectivity index (χ1) is 19.8. The molecule has 5 rings (SSSR count). The molecule has 2 unspecified atom stereocenters. The molecule has 0 aliphatic carbocycles. The van der Waals surface area contributed by atoms with E-state index in [1.165, 1.54) is 34.5 Å². The number of ether oxygens (including phenoxy) is 2. The van der Waals surface area contributed by atoms with Crippen LogP contribution in [0.4, 0.5) is 10.5 Å². The molecule has 2 saturated heterocycles. The van der Waals surface area contributed by atoms with Gasteiger partial charge in [-0.3, -0.25) is 4.79 Å². The van der Waals surface area contributed by atoms with Crippen LogP contribution in [0.1, 0.15) is 23.2 Å². The van der Waals surface area contributed by atoms with Gasteiger partial charge in [-0.25, -0.2) is 18.0 Å².